The highest BCUT2D eigenvalue weighted by atomic mass is 32.1. The first-order valence-corrected chi connectivity index (χ1v) is 9.91. The lowest BCUT2D eigenvalue weighted by molar-refractivity contribution is -0.122. The number of nitrogens with zero attached hydrogens (tertiary/aromatic N) is 4. The maximum absolute atomic E-state index is 12.7. The third-order valence-corrected chi connectivity index (χ3v) is 5.27. The van der Waals surface area contributed by atoms with Crippen LogP contribution in [0, 0.1) is 0 Å². The second-order valence-electron chi connectivity index (χ2n) is 6.30. The van der Waals surface area contributed by atoms with E-state index in [0.717, 1.165) is 16.0 Å². The molecule has 0 fully saturated rings. The lowest BCUT2D eigenvalue weighted by atomic mass is 10.1. The van der Waals surface area contributed by atoms with Gasteiger partial charge in [0.1, 0.15) is 12.3 Å². The summed E-state index contributed by atoms with van der Waals surface area (Å²) in [5.74, 6) is 0.953. The summed E-state index contributed by atoms with van der Waals surface area (Å²) in [6.45, 7) is -0.0221. The number of nitrogens with one attached hydrogen (secondary N) is 1. The molecule has 0 aliphatic carbocycles. The Hall–Kier alpha value is -3.52. The minimum atomic E-state index is -0.218. The number of rotatable bonds is 7. The summed E-state index contributed by atoms with van der Waals surface area (Å²) in [6, 6.07) is 21.0. The molecule has 0 saturated heterocycles. The van der Waals surface area contributed by atoms with E-state index in [4.69, 9.17) is 4.74 Å². The summed E-state index contributed by atoms with van der Waals surface area (Å²) in [4.78, 5) is 15.0. The van der Waals surface area contributed by atoms with E-state index < -0.39 is 0 Å². The molecule has 1 N–H and O–H groups in total. The predicted molar refractivity (Wildman–Crippen MR) is 111 cm³/mol. The van der Waals surface area contributed by atoms with E-state index >= 15 is 0 Å². The van der Waals surface area contributed by atoms with Gasteiger partial charge >= 0.3 is 0 Å². The van der Waals surface area contributed by atoms with E-state index in [1.54, 1.807) is 18.4 Å². The number of carbonyl (C=O) groups excluding carboxylic acids is 1. The summed E-state index contributed by atoms with van der Waals surface area (Å²) in [7, 11) is 1.60. The van der Waals surface area contributed by atoms with Crippen LogP contribution in [0.1, 0.15) is 16.5 Å². The number of aromatic nitrogens is 4. The number of hydrogen-bond donors (Lipinski definition) is 1. The number of thiophene rings is 1. The highest BCUT2D eigenvalue weighted by Gasteiger charge is 2.19. The van der Waals surface area contributed by atoms with E-state index in [1.807, 2.05) is 72.1 Å². The molecule has 0 saturated carbocycles. The van der Waals surface area contributed by atoms with Gasteiger partial charge in [0.15, 0.2) is 0 Å². The molecule has 7 nitrogen and oxygen atoms in total. The molecule has 8 heteroatoms. The lowest BCUT2D eigenvalue weighted by Gasteiger charge is -2.17. The van der Waals surface area contributed by atoms with Crippen LogP contribution in [0.4, 0.5) is 0 Å². The Labute approximate surface area is 172 Å². The topological polar surface area (TPSA) is 81.9 Å². The summed E-state index contributed by atoms with van der Waals surface area (Å²) < 4.78 is 5.22. The Morgan fingerprint density at radius 3 is 2.76 bits per heavy atom. The minimum Gasteiger partial charge on any atom is -0.497 e. The second-order valence-corrected chi connectivity index (χ2v) is 7.28. The van der Waals surface area contributed by atoms with Gasteiger partial charge in [-0.2, -0.15) is 4.80 Å². The lowest BCUT2D eigenvalue weighted by Crippen LogP contribution is -2.32. The Morgan fingerprint density at radius 2 is 2.00 bits per heavy atom. The van der Waals surface area contributed by atoms with Crippen molar-refractivity contribution in [3.8, 4) is 17.1 Å². The number of methoxy groups -OCH3 is 1. The third-order valence-electron chi connectivity index (χ3n) is 4.33. The zero-order chi connectivity index (χ0) is 20.1. The van der Waals surface area contributed by atoms with Crippen LogP contribution in [0.2, 0.25) is 0 Å². The number of ether oxygens (including phenoxy) is 1. The molecular weight excluding hydrogens is 386 g/mol. The van der Waals surface area contributed by atoms with Gasteiger partial charge in [0.05, 0.1) is 13.2 Å². The molecule has 1 unspecified atom stereocenters. The smallest absolute Gasteiger partial charge is 0.244 e. The van der Waals surface area contributed by atoms with Crippen molar-refractivity contribution in [3.05, 3.63) is 82.6 Å². The number of amides is 1. The Bertz CT molecular complexity index is 1080. The summed E-state index contributed by atoms with van der Waals surface area (Å²) >= 11 is 1.60. The van der Waals surface area contributed by atoms with E-state index in [1.165, 1.54) is 4.80 Å². The highest BCUT2D eigenvalue weighted by molar-refractivity contribution is 7.10. The maximum atomic E-state index is 12.7. The fourth-order valence-corrected chi connectivity index (χ4v) is 3.75. The van der Waals surface area contributed by atoms with E-state index in [0.29, 0.717) is 11.6 Å². The van der Waals surface area contributed by atoms with E-state index in [2.05, 4.69) is 20.7 Å². The van der Waals surface area contributed by atoms with Gasteiger partial charge < -0.3 is 10.1 Å². The Morgan fingerprint density at radius 1 is 1.14 bits per heavy atom. The molecule has 2 aromatic carbocycles. The molecule has 0 spiro atoms. The van der Waals surface area contributed by atoms with Gasteiger partial charge in [0.2, 0.25) is 11.7 Å². The minimum absolute atomic E-state index is 0.0221. The molecule has 2 aromatic heterocycles. The number of hydrogen-bond acceptors (Lipinski definition) is 6. The SMILES string of the molecule is COc1cccc(-c2nnn(CC(=O)NC(c3ccccc3)c3cccs3)n2)c1. The third kappa shape index (κ3) is 4.49. The summed E-state index contributed by atoms with van der Waals surface area (Å²) in [6.07, 6.45) is 0. The van der Waals surface area contributed by atoms with Crippen molar-refractivity contribution >= 4 is 17.2 Å². The number of benzene rings is 2. The quantitative estimate of drug-likeness (QED) is 0.510. The number of tetrazole rings is 1. The van der Waals surface area contributed by atoms with Crippen LogP contribution in [-0.4, -0.2) is 33.2 Å². The highest BCUT2D eigenvalue weighted by Crippen LogP contribution is 2.26. The standard InChI is InChI=1S/C21H19N5O2S/c1-28-17-10-5-9-16(13-17)21-23-25-26(24-21)14-19(27)22-20(18-11-6-12-29-18)15-7-3-2-4-8-15/h2-13,20H,14H2,1H3,(H,22,27). The van der Waals surface area contributed by atoms with Crippen LogP contribution in [-0.2, 0) is 11.3 Å². The first-order valence-electron chi connectivity index (χ1n) is 9.03. The molecule has 1 atom stereocenters. The molecular formula is C21H19N5O2S. The summed E-state index contributed by atoms with van der Waals surface area (Å²) in [5, 5.41) is 17.4. The molecule has 2 heterocycles. The Kier molecular flexibility index (Phi) is 5.62. The average molecular weight is 405 g/mol. The molecule has 0 aliphatic heterocycles. The van der Waals surface area contributed by atoms with Crippen molar-refractivity contribution in [1.82, 2.24) is 25.5 Å². The van der Waals surface area contributed by atoms with Gasteiger partial charge in [0, 0.05) is 10.4 Å². The van der Waals surface area contributed by atoms with E-state index in [9.17, 15) is 4.79 Å². The van der Waals surface area contributed by atoms with Crippen molar-refractivity contribution in [1.29, 1.82) is 0 Å². The molecule has 1 amide bonds. The van der Waals surface area contributed by atoms with Gasteiger partial charge in [-0.05, 0) is 34.4 Å². The van der Waals surface area contributed by atoms with Crippen LogP contribution in [0.15, 0.2) is 72.1 Å². The van der Waals surface area contributed by atoms with Gasteiger partial charge in [-0.25, -0.2) is 0 Å². The summed E-state index contributed by atoms with van der Waals surface area (Å²) in [5.41, 5.74) is 1.80. The molecule has 0 radical (unpaired) electrons. The van der Waals surface area contributed by atoms with Gasteiger partial charge in [-0.1, -0.05) is 48.5 Å². The Balaban J connectivity index is 1.48. The average Bonchev–Trinajstić information content (AvgIpc) is 3.45. The van der Waals surface area contributed by atoms with Crippen LogP contribution in [0.25, 0.3) is 11.4 Å². The first-order chi connectivity index (χ1) is 14.2. The van der Waals surface area contributed by atoms with Gasteiger partial charge in [-0.3, -0.25) is 4.79 Å². The van der Waals surface area contributed by atoms with Crippen molar-refractivity contribution in [2.24, 2.45) is 0 Å². The van der Waals surface area contributed by atoms with Crippen LogP contribution in [0.5, 0.6) is 5.75 Å². The molecule has 29 heavy (non-hydrogen) atoms. The van der Waals surface area contributed by atoms with Gasteiger partial charge in [-0.15, -0.1) is 21.5 Å². The van der Waals surface area contributed by atoms with Gasteiger partial charge in [0.25, 0.3) is 0 Å². The van der Waals surface area contributed by atoms with Crippen molar-refractivity contribution < 1.29 is 9.53 Å². The molecule has 0 aliphatic rings. The van der Waals surface area contributed by atoms with Crippen LogP contribution >= 0.6 is 11.3 Å². The predicted octanol–water partition coefficient (Wildman–Crippen LogP) is 3.32. The van der Waals surface area contributed by atoms with Crippen molar-refractivity contribution in [3.63, 3.8) is 0 Å². The zero-order valence-electron chi connectivity index (χ0n) is 15.7. The molecule has 0 bridgehead atoms. The maximum Gasteiger partial charge on any atom is 0.244 e. The first kappa shape index (κ1) is 18.8. The van der Waals surface area contributed by atoms with Crippen LogP contribution < -0.4 is 10.1 Å². The largest absolute Gasteiger partial charge is 0.497 e. The normalized spacial score (nSPS) is 11.8. The second kappa shape index (κ2) is 8.66. The van der Waals surface area contributed by atoms with Crippen LogP contribution in [0.3, 0.4) is 0 Å². The van der Waals surface area contributed by atoms with E-state index in [-0.39, 0.29) is 18.5 Å². The number of carbonyl (C=O) groups is 1. The molecule has 4 rings (SSSR count). The monoisotopic (exact) mass is 405 g/mol. The zero-order valence-corrected chi connectivity index (χ0v) is 16.5. The molecule has 4 aromatic rings. The fourth-order valence-electron chi connectivity index (χ4n) is 2.94. The fraction of sp³-hybridized carbons (Fsp3) is 0.143. The van der Waals surface area contributed by atoms with Crippen molar-refractivity contribution in [2.75, 3.05) is 7.11 Å². The van der Waals surface area contributed by atoms with Crippen molar-refractivity contribution in [2.45, 2.75) is 12.6 Å². The molecule has 146 valence electrons.